The molecule has 0 saturated carbocycles. The standard InChI is InChI=1S/C22H26Cl2N2O3/c1-4-20(22(28)25-5-2)26(13-16-9-10-17(23)12-19(16)24)21(27)14-29-18-8-6-7-15(3)11-18/h6-12,20H,4-5,13-14H2,1-3H3,(H,25,28). The first-order valence-electron chi connectivity index (χ1n) is 9.56. The van der Waals surface area contributed by atoms with E-state index in [2.05, 4.69) is 5.32 Å². The minimum Gasteiger partial charge on any atom is -0.484 e. The Balaban J connectivity index is 2.24. The van der Waals surface area contributed by atoms with Crippen molar-refractivity contribution in [3.05, 3.63) is 63.6 Å². The number of nitrogens with one attached hydrogen (secondary N) is 1. The van der Waals surface area contributed by atoms with Crippen molar-refractivity contribution in [3.63, 3.8) is 0 Å². The summed E-state index contributed by atoms with van der Waals surface area (Å²) < 4.78 is 5.67. The van der Waals surface area contributed by atoms with Crippen LogP contribution in [0.2, 0.25) is 10.0 Å². The second kappa shape index (κ2) is 11.1. The molecule has 0 aromatic heterocycles. The van der Waals surface area contributed by atoms with Gasteiger partial charge in [-0.3, -0.25) is 9.59 Å². The average molecular weight is 437 g/mol. The first-order valence-corrected chi connectivity index (χ1v) is 10.3. The van der Waals surface area contributed by atoms with Gasteiger partial charge in [0.15, 0.2) is 6.61 Å². The summed E-state index contributed by atoms with van der Waals surface area (Å²) in [5.74, 6) is 0.105. The number of hydrogen-bond donors (Lipinski definition) is 1. The summed E-state index contributed by atoms with van der Waals surface area (Å²) >= 11 is 12.3. The molecule has 0 bridgehead atoms. The van der Waals surface area contributed by atoms with Crippen molar-refractivity contribution in [3.8, 4) is 5.75 Å². The van der Waals surface area contributed by atoms with Crippen molar-refractivity contribution in [2.24, 2.45) is 0 Å². The Labute approximate surface area is 181 Å². The zero-order chi connectivity index (χ0) is 21.4. The van der Waals surface area contributed by atoms with E-state index in [-0.39, 0.29) is 25.0 Å². The Morgan fingerprint density at radius 1 is 1.14 bits per heavy atom. The fourth-order valence-electron chi connectivity index (χ4n) is 2.98. The summed E-state index contributed by atoms with van der Waals surface area (Å²) in [5, 5.41) is 3.75. The van der Waals surface area contributed by atoms with Crippen LogP contribution in [0.25, 0.3) is 0 Å². The van der Waals surface area contributed by atoms with E-state index in [0.717, 1.165) is 5.56 Å². The number of benzene rings is 2. The molecule has 5 nitrogen and oxygen atoms in total. The molecule has 0 aliphatic heterocycles. The van der Waals surface area contributed by atoms with Gasteiger partial charge in [-0.1, -0.05) is 48.3 Å². The van der Waals surface area contributed by atoms with Gasteiger partial charge in [0.25, 0.3) is 5.91 Å². The molecule has 2 amide bonds. The second-order valence-electron chi connectivity index (χ2n) is 6.68. The number of amides is 2. The van der Waals surface area contributed by atoms with E-state index in [9.17, 15) is 9.59 Å². The molecule has 156 valence electrons. The monoisotopic (exact) mass is 436 g/mol. The molecular formula is C22H26Cl2N2O3. The van der Waals surface area contributed by atoms with Gasteiger partial charge in [0, 0.05) is 23.1 Å². The predicted octanol–water partition coefficient (Wildman–Crippen LogP) is 4.62. The number of ether oxygens (including phenoxy) is 1. The van der Waals surface area contributed by atoms with Gasteiger partial charge in [0.1, 0.15) is 11.8 Å². The van der Waals surface area contributed by atoms with Crippen molar-refractivity contribution in [2.75, 3.05) is 13.2 Å². The summed E-state index contributed by atoms with van der Waals surface area (Å²) in [7, 11) is 0. The van der Waals surface area contributed by atoms with Crippen LogP contribution in [0.1, 0.15) is 31.4 Å². The highest BCUT2D eigenvalue weighted by molar-refractivity contribution is 6.35. The van der Waals surface area contributed by atoms with E-state index < -0.39 is 6.04 Å². The van der Waals surface area contributed by atoms with Crippen molar-refractivity contribution in [1.82, 2.24) is 10.2 Å². The van der Waals surface area contributed by atoms with Crippen molar-refractivity contribution < 1.29 is 14.3 Å². The molecule has 0 aliphatic carbocycles. The highest BCUT2D eigenvalue weighted by atomic mass is 35.5. The lowest BCUT2D eigenvalue weighted by molar-refractivity contribution is -0.142. The Morgan fingerprint density at radius 2 is 1.90 bits per heavy atom. The zero-order valence-corrected chi connectivity index (χ0v) is 18.4. The maximum Gasteiger partial charge on any atom is 0.261 e. The van der Waals surface area contributed by atoms with E-state index in [0.29, 0.717) is 34.3 Å². The van der Waals surface area contributed by atoms with Gasteiger partial charge in [0.05, 0.1) is 0 Å². The zero-order valence-electron chi connectivity index (χ0n) is 16.9. The number of carbonyl (C=O) groups excluding carboxylic acids is 2. The summed E-state index contributed by atoms with van der Waals surface area (Å²) in [6.07, 6.45) is 0.466. The molecular weight excluding hydrogens is 411 g/mol. The van der Waals surface area contributed by atoms with E-state index in [4.69, 9.17) is 27.9 Å². The summed E-state index contributed by atoms with van der Waals surface area (Å²) in [6, 6.07) is 11.9. The van der Waals surface area contributed by atoms with Crippen molar-refractivity contribution in [2.45, 2.75) is 39.8 Å². The molecule has 2 aromatic carbocycles. The molecule has 29 heavy (non-hydrogen) atoms. The van der Waals surface area contributed by atoms with Crippen molar-refractivity contribution >= 4 is 35.0 Å². The maximum atomic E-state index is 13.0. The molecule has 1 unspecified atom stereocenters. The van der Waals surface area contributed by atoms with Gasteiger partial charge in [-0.05, 0) is 55.7 Å². The highest BCUT2D eigenvalue weighted by Gasteiger charge is 2.29. The number of rotatable bonds is 9. The number of hydrogen-bond acceptors (Lipinski definition) is 3. The number of halogens is 2. The minimum atomic E-state index is -0.629. The van der Waals surface area contributed by atoms with Crippen molar-refractivity contribution in [1.29, 1.82) is 0 Å². The Morgan fingerprint density at radius 3 is 2.52 bits per heavy atom. The largest absolute Gasteiger partial charge is 0.484 e. The molecule has 0 spiro atoms. The van der Waals surface area contributed by atoms with Crippen LogP contribution < -0.4 is 10.1 Å². The third kappa shape index (κ3) is 6.65. The normalized spacial score (nSPS) is 11.6. The van der Waals surface area contributed by atoms with Gasteiger partial charge >= 0.3 is 0 Å². The van der Waals surface area contributed by atoms with Crippen LogP contribution in [0.5, 0.6) is 5.75 Å². The predicted molar refractivity (Wildman–Crippen MR) is 116 cm³/mol. The first kappa shape index (κ1) is 23.0. The van der Waals surface area contributed by atoms with Crippen LogP contribution >= 0.6 is 23.2 Å². The lowest BCUT2D eigenvalue weighted by Crippen LogP contribution is -2.50. The van der Waals surface area contributed by atoms with Crippen LogP contribution in [0, 0.1) is 6.92 Å². The fraction of sp³-hybridized carbons (Fsp3) is 0.364. The highest BCUT2D eigenvalue weighted by Crippen LogP contribution is 2.24. The molecule has 0 radical (unpaired) electrons. The van der Waals surface area contributed by atoms with E-state index in [1.165, 1.54) is 4.90 Å². The molecule has 7 heteroatoms. The Kier molecular flexibility index (Phi) is 8.80. The fourth-order valence-corrected chi connectivity index (χ4v) is 3.45. The number of nitrogens with zero attached hydrogens (tertiary/aromatic N) is 1. The second-order valence-corrected chi connectivity index (χ2v) is 7.52. The lowest BCUT2D eigenvalue weighted by Gasteiger charge is -2.30. The molecule has 0 fully saturated rings. The molecule has 1 N–H and O–H groups in total. The van der Waals surface area contributed by atoms with Crippen LogP contribution in [0.3, 0.4) is 0 Å². The van der Waals surface area contributed by atoms with Crippen LogP contribution in [-0.4, -0.2) is 35.9 Å². The topological polar surface area (TPSA) is 58.6 Å². The molecule has 0 heterocycles. The summed E-state index contributed by atoms with van der Waals surface area (Å²) in [6.45, 7) is 6.15. The third-order valence-electron chi connectivity index (χ3n) is 4.44. The molecule has 2 rings (SSSR count). The molecule has 0 aliphatic rings. The molecule has 1 atom stereocenters. The summed E-state index contributed by atoms with van der Waals surface area (Å²) in [4.78, 5) is 27.1. The Hall–Kier alpha value is -2.24. The SMILES string of the molecule is CCNC(=O)C(CC)N(Cc1ccc(Cl)cc1Cl)C(=O)COc1cccc(C)c1. The van der Waals surface area contributed by atoms with Gasteiger partial charge in [-0.15, -0.1) is 0 Å². The lowest BCUT2D eigenvalue weighted by atomic mass is 10.1. The van der Waals surface area contributed by atoms with Crippen LogP contribution in [0.4, 0.5) is 0 Å². The van der Waals surface area contributed by atoms with Gasteiger partial charge in [-0.25, -0.2) is 0 Å². The summed E-state index contributed by atoms with van der Waals surface area (Å²) in [5.41, 5.74) is 1.75. The molecule has 2 aromatic rings. The number of aryl methyl sites for hydroxylation is 1. The maximum absolute atomic E-state index is 13.0. The van der Waals surface area contributed by atoms with Crippen LogP contribution in [0.15, 0.2) is 42.5 Å². The first-order chi connectivity index (χ1) is 13.8. The van der Waals surface area contributed by atoms with Crippen LogP contribution in [-0.2, 0) is 16.1 Å². The third-order valence-corrected chi connectivity index (χ3v) is 5.03. The van der Waals surface area contributed by atoms with Gasteiger partial charge < -0.3 is 15.0 Å². The Bertz CT molecular complexity index is 858. The van der Waals surface area contributed by atoms with E-state index in [1.807, 2.05) is 39.0 Å². The quantitative estimate of drug-likeness (QED) is 0.623. The van der Waals surface area contributed by atoms with Gasteiger partial charge in [0.2, 0.25) is 5.91 Å². The number of likely N-dealkylation sites (N-methyl/N-ethyl adjacent to an activating group) is 1. The van der Waals surface area contributed by atoms with Gasteiger partial charge in [-0.2, -0.15) is 0 Å². The minimum absolute atomic E-state index is 0.176. The average Bonchev–Trinajstić information content (AvgIpc) is 2.68. The van der Waals surface area contributed by atoms with E-state index in [1.54, 1.807) is 24.3 Å². The molecule has 0 saturated heterocycles. The smallest absolute Gasteiger partial charge is 0.261 e. The number of carbonyl (C=O) groups is 2. The van der Waals surface area contributed by atoms with E-state index >= 15 is 0 Å².